The molecular formula is C24H22F2N4O. The van der Waals surface area contributed by atoms with Crippen LogP contribution < -0.4 is 5.32 Å². The highest BCUT2D eigenvalue weighted by Gasteiger charge is 2.20. The zero-order valence-electron chi connectivity index (χ0n) is 17.1. The molecule has 0 atom stereocenters. The monoisotopic (exact) mass is 420 g/mol. The quantitative estimate of drug-likeness (QED) is 0.651. The van der Waals surface area contributed by atoms with Gasteiger partial charge in [0.15, 0.2) is 5.82 Å². The minimum absolute atomic E-state index is 0.131. The number of hydrogen-bond donors (Lipinski definition) is 1. The Morgan fingerprint density at radius 3 is 2.45 bits per heavy atom. The van der Waals surface area contributed by atoms with Gasteiger partial charge in [0.05, 0.1) is 18.1 Å². The molecule has 3 aromatic rings. The van der Waals surface area contributed by atoms with Gasteiger partial charge in [0.2, 0.25) is 0 Å². The normalized spacial score (nSPS) is 14.5. The number of amides is 1. The highest BCUT2D eigenvalue weighted by molar-refractivity contribution is 6.04. The van der Waals surface area contributed by atoms with E-state index in [-0.39, 0.29) is 5.82 Å². The molecule has 2 heterocycles. The summed E-state index contributed by atoms with van der Waals surface area (Å²) in [7, 11) is 0. The maximum Gasteiger partial charge on any atom is 0.262 e. The van der Waals surface area contributed by atoms with Crippen LogP contribution in [0.2, 0.25) is 0 Å². The Morgan fingerprint density at radius 1 is 1.03 bits per heavy atom. The molecule has 0 unspecified atom stereocenters. The number of carbonyl (C=O) groups excluding carboxylic acids is 1. The molecule has 1 aliphatic rings. The molecule has 1 aromatic heterocycles. The van der Waals surface area contributed by atoms with Crippen molar-refractivity contribution >= 4 is 17.3 Å². The van der Waals surface area contributed by atoms with Crippen molar-refractivity contribution in [1.82, 2.24) is 14.9 Å². The number of nitrogens with zero attached hydrogens (tertiary/aromatic N) is 3. The first-order valence-corrected chi connectivity index (χ1v) is 10.0. The van der Waals surface area contributed by atoms with Crippen LogP contribution in [0.25, 0.3) is 5.57 Å². The number of hydrogen-bond acceptors (Lipinski definition) is 4. The molecule has 158 valence electrons. The number of nitrogens with one attached hydrogen (secondary N) is 1. The van der Waals surface area contributed by atoms with E-state index in [9.17, 15) is 13.6 Å². The smallest absolute Gasteiger partial charge is 0.262 e. The summed E-state index contributed by atoms with van der Waals surface area (Å²) in [6.07, 6.45) is 3.93. The average Bonchev–Trinajstić information content (AvgIpc) is 2.76. The SMILES string of the molecule is CC1=C(c2cnc(NC(=O)c3c(F)cccc3F)cn2)CN(Cc2ccccc2)CC1. The third-order valence-corrected chi connectivity index (χ3v) is 5.34. The predicted molar refractivity (Wildman–Crippen MR) is 115 cm³/mol. The van der Waals surface area contributed by atoms with E-state index in [1.54, 1.807) is 6.20 Å². The Bertz CT molecular complexity index is 1090. The van der Waals surface area contributed by atoms with Crippen LogP contribution in [-0.2, 0) is 6.54 Å². The van der Waals surface area contributed by atoms with Gasteiger partial charge in [-0.1, -0.05) is 42.0 Å². The lowest BCUT2D eigenvalue weighted by atomic mass is 9.98. The fraction of sp³-hybridized carbons (Fsp3) is 0.208. The minimum atomic E-state index is -0.927. The van der Waals surface area contributed by atoms with Gasteiger partial charge < -0.3 is 5.32 Å². The van der Waals surface area contributed by atoms with Crippen molar-refractivity contribution in [1.29, 1.82) is 0 Å². The van der Waals surface area contributed by atoms with Crippen LogP contribution in [0.15, 0.2) is 66.5 Å². The third-order valence-electron chi connectivity index (χ3n) is 5.34. The molecule has 1 N–H and O–H groups in total. The largest absolute Gasteiger partial charge is 0.305 e. The van der Waals surface area contributed by atoms with Gasteiger partial charge in [-0.2, -0.15) is 0 Å². The van der Waals surface area contributed by atoms with Gasteiger partial charge in [0.1, 0.15) is 17.2 Å². The fourth-order valence-corrected chi connectivity index (χ4v) is 3.63. The highest BCUT2D eigenvalue weighted by atomic mass is 19.1. The standard InChI is InChI=1S/C24H22F2N4O/c1-16-10-11-30(14-17-6-3-2-4-7-17)15-18(16)21-12-28-22(13-27-21)29-24(31)23-19(25)8-5-9-20(23)26/h2-9,12-13H,10-11,14-15H2,1H3,(H,28,29,31). The lowest BCUT2D eigenvalue weighted by molar-refractivity contribution is 0.101. The van der Waals surface area contributed by atoms with Gasteiger partial charge >= 0.3 is 0 Å². The van der Waals surface area contributed by atoms with Crippen molar-refractivity contribution < 1.29 is 13.6 Å². The molecule has 5 nitrogen and oxygen atoms in total. The Kier molecular flexibility index (Phi) is 6.13. The Hall–Kier alpha value is -3.45. The van der Waals surface area contributed by atoms with Crippen LogP contribution in [0.3, 0.4) is 0 Å². The van der Waals surface area contributed by atoms with E-state index < -0.39 is 23.1 Å². The van der Waals surface area contributed by atoms with Crippen molar-refractivity contribution in [2.75, 3.05) is 18.4 Å². The second kappa shape index (κ2) is 9.14. The molecule has 2 aromatic carbocycles. The Morgan fingerprint density at radius 2 is 1.77 bits per heavy atom. The summed E-state index contributed by atoms with van der Waals surface area (Å²) >= 11 is 0. The second-order valence-corrected chi connectivity index (χ2v) is 7.54. The van der Waals surface area contributed by atoms with Crippen LogP contribution in [0, 0.1) is 11.6 Å². The summed E-state index contributed by atoms with van der Waals surface area (Å²) < 4.78 is 27.6. The fourth-order valence-electron chi connectivity index (χ4n) is 3.63. The van der Waals surface area contributed by atoms with Crippen LogP contribution in [0.1, 0.15) is 35.0 Å². The van der Waals surface area contributed by atoms with Gasteiger partial charge in [-0.25, -0.2) is 13.8 Å². The maximum atomic E-state index is 13.8. The molecule has 1 amide bonds. The Balaban J connectivity index is 1.46. The summed E-state index contributed by atoms with van der Waals surface area (Å²) in [5.74, 6) is -2.63. The lowest BCUT2D eigenvalue weighted by Crippen LogP contribution is -2.30. The van der Waals surface area contributed by atoms with Crippen LogP contribution >= 0.6 is 0 Å². The molecule has 0 saturated carbocycles. The first kappa shape index (κ1) is 20.8. The number of benzene rings is 2. The van der Waals surface area contributed by atoms with Crippen LogP contribution in [0.5, 0.6) is 0 Å². The van der Waals surface area contributed by atoms with Crippen molar-refractivity contribution in [3.05, 3.63) is 95.0 Å². The molecule has 0 bridgehead atoms. The zero-order chi connectivity index (χ0) is 21.8. The number of halogens is 2. The average molecular weight is 420 g/mol. The van der Waals surface area contributed by atoms with Gasteiger partial charge in [-0.3, -0.25) is 14.7 Å². The first-order valence-electron chi connectivity index (χ1n) is 10.0. The van der Waals surface area contributed by atoms with E-state index in [1.165, 1.54) is 23.4 Å². The summed E-state index contributed by atoms with van der Waals surface area (Å²) in [6.45, 7) is 4.67. The molecule has 0 aliphatic carbocycles. The predicted octanol–water partition coefficient (Wildman–Crippen LogP) is 4.69. The van der Waals surface area contributed by atoms with E-state index in [0.29, 0.717) is 0 Å². The molecule has 31 heavy (non-hydrogen) atoms. The van der Waals surface area contributed by atoms with E-state index in [1.807, 2.05) is 18.2 Å². The van der Waals surface area contributed by atoms with E-state index in [2.05, 4.69) is 39.2 Å². The molecule has 0 spiro atoms. The zero-order valence-corrected chi connectivity index (χ0v) is 17.1. The molecule has 0 saturated heterocycles. The molecule has 0 fully saturated rings. The van der Waals surface area contributed by atoms with E-state index in [0.717, 1.165) is 49.5 Å². The topological polar surface area (TPSA) is 58.1 Å². The minimum Gasteiger partial charge on any atom is -0.305 e. The Labute approximate surface area is 179 Å². The summed E-state index contributed by atoms with van der Waals surface area (Å²) in [4.78, 5) is 23.3. The summed E-state index contributed by atoms with van der Waals surface area (Å²) in [5.41, 5.74) is 3.70. The van der Waals surface area contributed by atoms with E-state index >= 15 is 0 Å². The third kappa shape index (κ3) is 4.83. The molecule has 1 aliphatic heterocycles. The van der Waals surface area contributed by atoms with Crippen LogP contribution in [-0.4, -0.2) is 33.9 Å². The molecular weight excluding hydrogens is 398 g/mol. The van der Waals surface area contributed by atoms with Gasteiger partial charge in [0, 0.05) is 19.6 Å². The van der Waals surface area contributed by atoms with Gasteiger partial charge in [0.25, 0.3) is 5.91 Å². The number of rotatable bonds is 5. The van der Waals surface area contributed by atoms with Gasteiger partial charge in [-0.05, 0) is 36.6 Å². The number of anilines is 1. The number of carbonyl (C=O) groups is 1. The van der Waals surface area contributed by atoms with E-state index in [4.69, 9.17) is 0 Å². The second-order valence-electron chi connectivity index (χ2n) is 7.54. The number of aromatic nitrogens is 2. The first-order chi connectivity index (χ1) is 15.0. The summed E-state index contributed by atoms with van der Waals surface area (Å²) in [6, 6.07) is 13.6. The van der Waals surface area contributed by atoms with Gasteiger partial charge in [-0.15, -0.1) is 0 Å². The van der Waals surface area contributed by atoms with Crippen molar-refractivity contribution in [2.45, 2.75) is 19.9 Å². The summed E-state index contributed by atoms with van der Waals surface area (Å²) in [5, 5.41) is 2.40. The highest BCUT2D eigenvalue weighted by Crippen LogP contribution is 2.26. The molecule has 4 rings (SSSR count). The maximum absolute atomic E-state index is 13.8. The molecule has 7 heteroatoms. The lowest BCUT2D eigenvalue weighted by Gasteiger charge is -2.29. The van der Waals surface area contributed by atoms with Crippen molar-refractivity contribution in [2.24, 2.45) is 0 Å². The van der Waals surface area contributed by atoms with Crippen LogP contribution in [0.4, 0.5) is 14.6 Å². The van der Waals surface area contributed by atoms with Crippen molar-refractivity contribution in [3.8, 4) is 0 Å². The van der Waals surface area contributed by atoms with Crippen molar-refractivity contribution in [3.63, 3.8) is 0 Å². The molecule has 0 radical (unpaired) electrons.